The number of carbonyl (C=O) groups is 1. The molecule has 0 aliphatic heterocycles. The number of benzene rings is 1. The van der Waals surface area contributed by atoms with E-state index >= 15 is 0 Å². The molecule has 1 heterocycles. The number of nitrogens with zero attached hydrogens (tertiary/aromatic N) is 2. The van der Waals surface area contributed by atoms with Crippen molar-refractivity contribution in [3.63, 3.8) is 0 Å². The summed E-state index contributed by atoms with van der Waals surface area (Å²) in [5.74, 6) is 0.410. The van der Waals surface area contributed by atoms with Crippen LogP contribution in [0.25, 0.3) is 0 Å². The molecule has 0 bridgehead atoms. The van der Waals surface area contributed by atoms with Crippen LogP contribution in [0.3, 0.4) is 0 Å². The fourth-order valence-electron chi connectivity index (χ4n) is 3.38. The Balaban J connectivity index is 1.58. The summed E-state index contributed by atoms with van der Waals surface area (Å²) in [4.78, 5) is 21.1. The molecule has 1 aromatic carbocycles. The highest BCUT2D eigenvalue weighted by Gasteiger charge is 2.15. The lowest BCUT2D eigenvalue weighted by atomic mass is 9.87. The Morgan fingerprint density at radius 2 is 1.56 bits per heavy atom. The number of anilines is 2. The van der Waals surface area contributed by atoms with Gasteiger partial charge in [-0.3, -0.25) is 4.79 Å². The number of rotatable bonds is 4. The van der Waals surface area contributed by atoms with Gasteiger partial charge >= 0.3 is 0 Å². The zero-order valence-corrected chi connectivity index (χ0v) is 16.6. The van der Waals surface area contributed by atoms with E-state index in [4.69, 9.17) is 0 Å². The topological polar surface area (TPSA) is 66.9 Å². The van der Waals surface area contributed by atoms with E-state index < -0.39 is 0 Å². The van der Waals surface area contributed by atoms with Gasteiger partial charge in [0.2, 0.25) is 5.95 Å². The molecule has 1 amide bonds. The summed E-state index contributed by atoms with van der Waals surface area (Å²) in [5, 5.41) is 6.31. The summed E-state index contributed by atoms with van der Waals surface area (Å²) in [7, 11) is 0. The average molecular weight is 367 g/mol. The van der Waals surface area contributed by atoms with Crippen molar-refractivity contribution >= 4 is 17.5 Å². The SMILES string of the molecule is CC(C)(C)c1ccc(NC(=O)c2cnc(NC3CCCCCC3)nc2)cc1. The maximum atomic E-state index is 12.4. The predicted octanol–water partition coefficient (Wildman–Crippen LogP) is 5.16. The van der Waals surface area contributed by atoms with Gasteiger partial charge in [0.15, 0.2) is 0 Å². The summed E-state index contributed by atoms with van der Waals surface area (Å²) < 4.78 is 0. The Morgan fingerprint density at radius 1 is 0.963 bits per heavy atom. The van der Waals surface area contributed by atoms with Gasteiger partial charge in [0.25, 0.3) is 5.91 Å². The molecule has 1 aliphatic rings. The predicted molar refractivity (Wildman–Crippen MR) is 110 cm³/mol. The number of hydrogen-bond acceptors (Lipinski definition) is 4. The van der Waals surface area contributed by atoms with Crippen LogP contribution in [0, 0.1) is 0 Å². The van der Waals surface area contributed by atoms with Gasteiger partial charge in [0.05, 0.1) is 5.56 Å². The van der Waals surface area contributed by atoms with Crippen LogP contribution < -0.4 is 10.6 Å². The zero-order chi connectivity index (χ0) is 19.3. The number of amides is 1. The van der Waals surface area contributed by atoms with Gasteiger partial charge in [-0.1, -0.05) is 58.6 Å². The largest absolute Gasteiger partial charge is 0.351 e. The molecular weight excluding hydrogens is 336 g/mol. The van der Waals surface area contributed by atoms with Crippen molar-refractivity contribution in [2.45, 2.75) is 70.8 Å². The number of carbonyl (C=O) groups excluding carboxylic acids is 1. The molecule has 0 atom stereocenters. The van der Waals surface area contributed by atoms with Crippen LogP contribution in [-0.2, 0) is 5.41 Å². The summed E-state index contributed by atoms with van der Waals surface area (Å²) in [6.07, 6.45) is 10.6. The van der Waals surface area contributed by atoms with Gasteiger partial charge in [0, 0.05) is 24.1 Å². The highest BCUT2D eigenvalue weighted by molar-refractivity contribution is 6.03. The first-order chi connectivity index (χ1) is 12.9. The zero-order valence-electron chi connectivity index (χ0n) is 16.6. The molecule has 3 rings (SSSR count). The van der Waals surface area contributed by atoms with E-state index in [0.29, 0.717) is 17.6 Å². The van der Waals surface area contributed by atoms with E-state index in [9.17, 15) is 4.79 Å². The van der Waals surface area contributed by atoms with E-state index in [2.05, 4.69) is 41.4 Å². The molecule has 0 radical (unpaired) electrons. The van der Waals surface area contributed by atoms with Crippen LogP contribution in [0.1, 0.15) is 75.2 Å². The van der Waals surface area contributed by atoms with Crippen molar-refractivity contribution in [3.8, 4) is 0 Å². The standard InChI is InChI=1S/C22H30N4O/c1-22(2,3)17-10-12-19(13-11-17)25-20(27)16-14-23-21(24-15-16)26-18-8-6-4-5-7-9-18/h10-15,18H,4-9H2,1-3H3,(H,25,27)(H,23,24,26). The summed E-state index contributed by atoms with van der Waals surface area (Å²) in [6.45, 7) is 6.51. The lowest BCUT2D eigenvalue weighted by Crippen LogP contribution is -2.20. The molecule has 1 aromatic heterocycles. The molecule has 2 aromatic rings. The second-order valence-corrected chi connectivity index (χ2v) is 8.41. The molecule has 1 saturated carbocycles. The van der Waals surface area contributed by atoms with Crippen molar-refractivity contribution in [2.24, 2.45) is 0 Å². The van der Waals surface area contributed by atoms with Gasteiger partial charge in [-0.25, -0.2) is 9.97 Å². The van der Waals surface area contributed by atoms with Crippen LogP contribution >= 0.6 is 0 Å². The van der Waals surface area contributed by atoms with Crippen molar-refractivity contribution in [1.29, 1.82) is 0 Å². The van der Waals surface area contributed by atoms with Crippen molar-refractivity contribution < 1.29 is 4.79 Å². The first-order valence-corrected chi connectivity index (χ1v) is 9.92. The van der Waals surface area contributed by atoms with Crippen LogP contribution in [-0.4, -0.2) is 21.9 Å². The number of nitrogens with one attached hydrogen (secondary N) is 2. The minimum absolute atomic E-state index is 0.0938. The third-order valence-corrected chi connectivity index (χ3v) is 5.11. The van der Waals surface area contributed by atoms with Crippen LogP contribution in [0.5, 0.6) is 0 Å². The quantitative estimate of drug-likeness (QED) is 0.733. The number of hydrogen-bond donors (Lipinski definition) is 2. The summed E-state index contributed by atoms with van der Waals surface area (Å²) in [6, 6.07) is 8.40. The van der Waals surface area contributed by atoms with Crippen molar-refractivity contribution in [2.75, 3.05) is 10.6 Å². The molecule has 1 fully saturated rings. The minimum Gasteiger partial charge on any atom is -0.351 e. The van der Waals surface area contributed by atoms with E-state index in [-0.39, 0.29) is 11.3 Å². The second-order valence-electron chi connectivity index (χ2n) is 8.41. The number of aromatic nitrogens is 2. The highest BCUT2D eigenvalue weighted by Crippen LogP contribution is 2.24. The highest BCUT2D eigenvalue weighted by atomic mass is 16.1. The minimum atomic E-state index is -0.195. The Labute approximate surface area is 162 Å². The molecule has 27 heavy (non-hydrogen) atoms. The van der Waals surface area contributed by atoms with Gasteiger partial charge in [-0.15, -0.1) is 0 Å². The van der Waals surface area contributed by atoms with Crippen molar-refractivity contribution in [3.05, 3.63) is 47.8 Å². The molecule has 2 N–H and O–H groups in total. The fraction of sp³-hybridized carbons (Fsp3) is 0.500. The normalized spacial score (nSPS) is 15.8. The summed E-state index contributed by atoms with van der Waals surface area (Å²) >= 11 is 0. The van der Waals surface area contributed by atoms with Gasteiger partial charge in [0.1, 0.15) is 0 Å². The summed E-state index contributed by atoms with van der Waals surface area (Å²) in [5.41, 5.74) is 2.56. The van der Waals surface area contributed by atoms with Crippen LogP contribution in [0.4, 0.5) is 11.6 Å². The average Bonchev–Trinajstić information content (AvgIpc) is 2.91. The molecule has 0 spiro atoms. The third kappa shape index (κ3) is 5.52. The van der Waals surface area contributed by atoms with Crippen LogP contribution in [0.15, 0.2) is 36.7 Å². The Hall–Kier alpha value is -2.43. The molecular formula is C22H30N4O. The molecule has 5 heteroatoms. The van der Waals surface area contributed by atoms with E-state index in [1.807, 2.05) is 24.3 Å². The molecule has 5 nitrogen and oxygen atoms in total. The monoisotopic (exact) mass is 366 g/mol. The molecule has 0 unspecified atom stereocenters. The van der Waals surface area contributed by atoms with Gasteiger partial charge < -0.3 is 10.6 Å². The van der Waals surface area contributed by atoms with E-state index in [0.717, 1.165) is 18.5 Å². The Kier molecular flexibility index (Phi) is 6.09. The fourth-order valence-corrected chi connectivity index (χ4v) is 3.38. The van der Waals surface area contributed by atoms with Gasteiger partial charge in [-0.05, 0) is 36.0 Å². The lowest BCUT2D eigenvalue weighted by molar-refractivity contribution is 0.102. The smallest absolute Gasteiger partial charge is 0.258 e. The Morgan fingerprint density at radius 3 is 2.11 bits per heavy atom. The van der Waals surface area contributed by atoms with Crippen molar-refractivity contribution in [1.82, 2.24) is 9.97 Å². The first kappa shape index (κ1) is 19.3. The lowest BCUT2D eigenvalue weighted by Gasteiger charge is -2.19. The first-order valence-electron chi connectivity index (χ1n) is 9.92. The maximum absolute atomic E-state index is 12.4. The van der Waals surface area contributed by atoms with E-state index in [1.54, 1.807) is 12.4 Å². The van der Waals surface area contributed by atoms with Gasteiger partial charge in [-0.2, -0.15) is 0 Å². The molecule has 0 saturated heterocycles. The second kappa shape index (κ2) is 8.51. The van der Waals surface area contributed by atoms with Crippen LogP contribution in [0.2, 0.25) is 0 Å². The third-order valence-electron chi connectivity index (χ3n) is 5.11. The molecule has 144 valence electrons. The molecule has 1 aliphatic carbocycles. The Bertz CT molecular complexity index is 739. The van der Waals surface area contributed by atoms with E-state index in [1.165, 1.54) is 31.2 Å². The maximum Gasteiger partial charge on any atom is 0.258 e.